The second-order valence-electron chi connectivity index (χ2n) is 4.83. The summed E-state index contributed by atoms with van der Waals surface area (Å²) in [4.78, 5) is 0. The van der Waals surface area contributed by atoms with E-state index in [9.17, 15) is 8.42 Å². The molecule has 1 rings (SSSR count). The first-order valence-electron chi connectivity index (χ1n) is 6.59. The molecule has 1 aromatic carbocycles. The van der Waals surface area contributed by atoms with Crippen molar-refractivity contribution in [3.05, 3.63) is 23.8 Å². The van der Waals surface area contributed by atoms with E-state index in [1.54, 1.807) is 39.2 Å². The van der Waals surface area contributed by atoms with Gasteiger partial charge in [0, 0.05) is 6.04 Å². The normalized spacial score (nSPS) is 13.3. The molecule has 20 heavy (non-hydrogen) atoms. The van der Waals surface area contributed by atoms with E-state index in [0.29, 0.717) is 18.1 Å². The number of ether oxygens (including phenoxy) is 2. The van der Waals surface area contributed by atoms with Gasteiger partial charge in [0.25, 0.3) is 0 Å². The van der Waals surface area contributed by atoms with Crippen LogP contribution in [0.5, 0.6) is 11.5 Å². The van der Waals surface area contributed by atoms with Crippen LogP contribution in [0.2, 0.25) is 0 Å². The zero-order chi connectivity index (χ0) is 15.3. The molecule has 0 aliphatic rings. The van der Waals surface area contributed by atoms with E-state index in [2.05, 4.69) is 0 Å². The van der Waals surface area contributed by atoms with Gasteiger partial charge in [-0.15, -0.1) is 0 Å². The Morgan fingerprint density at radius 2 is 1.90 bits per heavy atom. The maximum atomic E-state index is 11.9. The Bertz CT molecular complexity index is 540. The molecule has 0 fully saturated rings. The minimum absolute atomic E-state index is 0.0808. The number of benzene rings is 1. The maximum absolute atomic E-state index is 11.9. The first-order valence-corrected chi connectivity index (χ1v) is 8.31. The quantitative estimate of drug-likeness (QED) is 0.832. The molecule has 2 N–H and O–H groups in total. The van der Waals surface area contributed by atoms with E-state index in [4.69, 9.17) is 15.2 Å². The van der Waals surface area contributed by atoms with Gasteiger partial charge in [-0.1, -0.05) is 6.07 Å². The third kappa shape index (κ3) is 4.11. The van der Waals surface area contributed by atoms with E-state index >= 15 is 0 Å². The molecule has 0 aliphatic heterocycles. The Balaban J connectivity index is 2.99. The summed E-state index contributed by atoms with van der Waals surface area (Å²) >= 11 is 0. The molecule has 0 saturated carbocycles. The van der Waals surface area contributed by atoms with Crippen LogP contribution in [0.1, 0.15) is 32.4 Å². The minimum atomic E-state index is -3.18. The van der Waals surface area contributed by atoms with Gasteiger partial charge in [-0.2, -0.15) is 0 Å². The van der Waals surface area contributed by atoms with Crippen molar-refractivity contribution < 1.29 is 17.9 Å². The number of methoxy groups -OCH3 is 1. The highest BCUT2D eigenvalue weighted by Gasteiger charge is 2.22. The van der Waals surface area contributed by atoms with Gasteiger partial charge in [0.05, 0.1) is 24.7 Å². The molecule has 1 atom stereocenters. The van der Waals surface area contributed by atoms with Crippen molar-refractivity contribution in [3.63, 3.8) is 0 Å². The maximum Gasteiger partial charge on any atom is 0.161 e. The third-order valence-corrected chi connectivity index (χ3v) is 5.31. The van der Waals surface area contributed by atoms with Crippen LogP contribution >= 0.6 is 0 Å². The first-order chi connectivity index (χ1) is 9.31. The lowest BCUT2D eigenvalue weighted by Crippen LogP contribution is -2.27. The Labute approximate surface area is 121 Å². The molecule has 0 heterocycles. The van der Waals surface area contributed by atoms with Crippen molar-refractivity contribution >= 4 is 9.84 Å². The molecular weight excluding hydrogens is 278 g/mol. The predicted molar refractivity (Wildman–Crippen MR) is 80.0 cm³/mol. The summed E-state index contributed by atoms with van der Waals surface area (Å²) in [6.45, 7) is 5.68. The number of hydrogen-bond acceptors (Lipinski definition) is 5. The number of sulfone groups is 1. The average molecular weight is 301 g/mol. The van der Waals surface area contributed by atoms with Gasteiger partial charge >= 0.3 is 0 Å². The van der Waals surface area contributed by atoms with E-state index in [1.807, 2.05) is 6.92 Å². The molecule has 1 unspecified atom stereocenters. The Morgan fingerprint density at radius 3 is 2.40 bits per heavy atom. The van der Waals surface area contributed by atoms with Crippen LogP contribution in [0.3, 0.4) is 0 Å². The average Bonchev–Trinajstić information content (AvgIpc) is 2.38. The summed E-state index contributed by atoms with van der Waals surface area (Å²) in [7, 11) is -1.63. The molecule has 0 aromatic heterocycles. The molecule has 0 radical (unpaired) electrons. The molecule has 114 valence electrons. The molecule has 1 aromatic rings. The van der Waals surface area contributed by atoms with Crippen molar-refractivity contribution in [2.75, 3.05) is 19.5 Å². The zero-order valence-electron chi connectivity index (χ0n) is 12.4. The fraction of sp³-hybridized carbons (Fsp3) is 0.571. The SMILES string of the molecule is CCOc1cc(C(N)CS(=O)(=O)C(C)C)ccc1OC. The summed E-state index contributed by atoms with van der Waals surface area (Å²) in [5.74, 6) is 1.10. The Hall–Kier alpha value is -1.27. The molecular formula is C14H23NO4S. The topological polar surface area (TPSA) is 78.6 Å². The highest BCUT2D eigenvalue weighted by atomic mass is 32.2. The van der Waals surface area contributed by atoms with Gasteiger partial charge in [0.15, 0.2) is 21.3 Å². The second kappa shape index (κ2) is 6.95. The first kappa shape index (κ1) is 16.8. The fourth-order valence-corrected chi connectivity index (χ4v) is 2.81. The van der Waals surface area contributed by atoms with Gasteiger partial charge < -0.3 is 15.2 Å². The van der Waals surface area contributed by atoms with Crippen LogP contribution in [0.4, 0.5) is 0 Å². The summed E-state index contributed by atoms with van der Waals surface area (Å²) in [6, 6.07) is 4.67. The predicted octanol–water partition coefficient (Wildman–Crippen LogP) is 1.92. The number of rotatable bonds is 7. The highest BCUT2D eigenvalue weighted by molar-refractivity contribution is 7.92. The monoisotopic (exact) mass is 301 g/mol. The smallest absolute Gasteiger partial charge is 0.161 e. The molecule has 0 aliphatic carbocycles. The van der Waals surface area contributed by atoms with Crippen LogP contribution in [0.25, 0.3) is 0 Å². The summed E-state index contributed by atoms with van der Waals surface area (Å²) in [5.41, 5.74) is 6.72. The molecule has 6 heteroatoms. The highest BCUT2D eigenvalue weighted by Crippen LogP contribution is 2.30. The van der Waals surface area contributed by atoms with Crippen LogP contribution in [-0.2, 0) is 9.84 Å². The molecule has 0 spiro atoms. The number of hydrogen-bond donors (Lipinski definition) is 1. The van der Waals surface area contributed by atoms with E-state index in [1.165, 1.54) is 0 Å². The van der Waals surface area contributed by atoms with Crippen LogP contribution in [0.15, 0.2) is 18.2 Å². The van der Waals surface area contributed by atoms with Crippen molar-refractivity contribution in [2.24, 2.45) is 5.73 Å². The standard InChI is InChI=1S/C14H23NO4S/c1-5-19-14-8-11(6-7-13(14)18-4)12(15)9-20(16,17)10(2)3/h6-8,10,12H,5,9,15H2,1-4H3. The lowest BCUT2D eigenvalue weighted by Gasteiger charge is -2.17. The van der Waals surface area contributed by atoms with Gasteiger partial charge in [0.1, 0.15) is 0 Å². The Kier molecular flexibility index (Phi) is 5.83. The van der Waals surface area contributed by atoms with E-state index in [-0.39, 0.29) is 5.75 Å². The number of nitrogens with two attached hydrogens (primary N) is 1. The molecule has 0 saturated heterocycles. The van der Waals surface area contributed by atoms with Gasteiger partial charge in [-0.25, -0.2) is 8.42 Å². The van der Waals surface area contributed by atoms with Crippen LogP contribution in [0, 0.1) is 0 Å². The van der Waals surface area contributed by atoms with Crippen molar-refractivity contribution in [1.82, 2.24) is 0 Å². The minimum Gasteiger partial charge on any atom is -0.493 e. The van der Waals surface area contributed by atoms with Gasteiger partial charge in [-0.3, -0.25) is 0 Å². The molecule has 0 bridgehead atoms. The second-order valence-corrected chi connectivity index (χ2v) is 7.43. The third-order valence-electron chi connectivity index (χ3n) is 3.05. The lowest BCUT2D eigenvalue weighted by atomic mass is 10.1. The Morgan fingerprint density at radius 1 is 1.25 bits per heavy atom. The van der Waals surface area contributed by atoms with E-state index in [0.717, 1.165) is 5.56 Å². The van der Waals surface area contributed by atoms with Gasteiger partial charge in [-0.05, 0) is 38.5 Å². The lowest BCUT2D eigenvalue weighted by molar-refractivity contribution is 0.310. The van der Waals surface area contributed by atoms with E-state index < -0.39 is 21.1 Å². The summed E-state index contributed by atoms with van der Waals surface area (Å²) < 4.78 is 34.5. The van der Waals surface area contributed by atoms with Crippen molar-refractivity contribution in [2.45, 2.75) is 32.1 Å². The van der Waals surface area contributed by atoms with Crippen molar-refractivity contribution in [1.29, 1.82) is 0 Å². The van der Waals surface area contributed by atoms with Gasteiger partial charge in [0.2, 0.25) is 0 Å². The zero-order valence-corrected chi connectivity index (χ0v) is 13.2. The van der Waals surface area contributed by atoms with Crippen LogP contribution in [-0.4, -0.2) is 33.1 Å². The largest absolute Gasteiger partial charge is 0.493 e. The fourth-order valence-electron chi connectivity index (χ4n) is 1.73. The molecule has 5 nitrogen and oxygen atoms in total. The summed E-state index contributed by atoms with van der Waals surface area (Å²) in [6.07, 6.45) is 0. The van der Waals surface area contributed by atoms with Crippen LogP contribution < -0.4 is 15.2 Å². The summed E-state index contributed by atoms with van der Waals surface area (Å²) in [5, 5.41) is -0.432. The molecule has 0 amide bonds. The van der Waals surface area contributed by atoms with Crippen molar-refractivity contribution in [3.8, 4) is 11.5 Å².